The first kappa shape index (κ1) is 12.0. The van der Waals surface area contributed by atoms with Gasteiger partial charge >= 0.3 is 0 Å². The Labute approximate surface area is 116 Å². The second kappa shape index (κ2) is 4.90. The van der Waals surface area contributed by atoms with Crippen LogP contribution in [0.1, 0.15) is 22.9 Å². The molecule has 18 heavy (non-hydrogen) atoms. The molecular formula is C15H16BrNO. The standard InChI is InChI=1S/C15H16BrNO/c1-17-15(13-6-7-14(16)18-13)12-8-10-4-2-3-5-11(10)9-12/h2-7,12,15,17H,8-9H2,1H3. The second-order valence-corrected chi connectivity index (χ2v) is 5.63. The Bertz CT molecular complexity index is 524. The Hall–Kier alpha value is -1.06. The van der Waals surface area contributed by atoms with E-state index in [-0.39, 0.29) is 6.04 Å². The van der Waals surface area contributed by atoms with Crippen LogP contribution in [0.3, 0.4) is 0 Å². The lowest BCUT2D eigenvalue weighted by molar-refractivity contribution is 0.327. The molecule has 0 saturated carbocycles. The lowest BCUT2D eigenvalue weighted by atomic mass is 9.95. The van der Waals surface area contributed by atoms with Crippen molar-refractivity contribution in [1.82, 2.24) is 5.32 Å². The summed E-state index contributed by atoms with van der Waals surface area (Å²) in [4.78, 5) is 0. The summed E-state index contributed by atoms with van der Waals surface area (Å²) in [5, 5.41) is 3.39. The molecule has 1 aliphatic carbocycles. The molecule has 3 heteroatoms. The summed E-state index contributed by atoms with van der Waals surface area (Å²) in [5.74, 6) is 1.59. The fourth-order valence-corrected chi connectivity index (χ4v) is 3.25. The number of halogens is 1. The molecule has 1 aromatic heterocycles. The van der Waals surface area contributed by atoms with E-state index in [1.807, 2.05) is 19.2 Å². The topological polar surface area (TPSA) is 25.2 Å². The fraction of sp³-hybridized carbons (Fsp3) is 0.333. The minimum atomic E-state index is 0.281. The van der Waals surface area contributed by atoms with Gasteiger partial charge in [-0.05, 0) is 65.0 Å². The van der Waals surface area contributed by atoms with Gasteiger partial charge in [-0.1, -0.05) is 24.3 Å². The van der Waals surface area contributed by atoms with Crippen LogP contribution in [-0.4, -0.2) is 7.05 Å². The Morgan fingerprint density at radius 1 is 1.17 bits per heavy atom. The molecule has 0 saturated heterocycles. The highest BCUT2D eigenvalue weighted by atomic mass is 79.9. The van der Waals surface area contributed by atoms with Gasteiger partial charge in [-0.3, -0.25) is 0 Å². The third kappa shape index (κ3) is 2.13. The molecule has 1 atom stereocenters. The van der Waals surface area contributed by atoms with Crippen molar-refractivity contribution in [2.24, 2.45) is 5.92 Å². The number of nitrogens with one attached hydrogen (secondary N) is 1. The molecule has 0 amide bonds. The van der Waals surface area contributed by atoms with Gasteiger partial charge in [0.25, 0.3) is 0 Å². The Kier molecular flexibility index (Phi) is 3.27. The Morgan fingerprint density at radius 2 is 1.83 bits per heavy atom. The maximum absolute atomic E-state index is 5.70. The minimum absolute atomic E-state index is 0.281. The van der Waals surface area contributed by atoms with Crippen molar-refractivity contribution in [1.29, 1.82) is 0 Å². The first-order chi connectivity index (χ1) is 8.78. The molecule has 94 valence electrons. The van der Waals surface area contributed by atoms with Crippen molar-refractivity contribution >= 4 is 15.9 Å². The normalized spacial score (nSPS) is 16.8. The summed E-state index contributed by atoms with van der Waals surface area (Å²) in [5.41, 5.74) is 2.96. The van der Waals surface area contributed by atoms with Gasteiger partial charge in [0.05, 0.1) is 6.04 Å². The molecule has 1 aliphatic rings. The molecule has 1 heterocycles. The van der Waals surface area contributed by atoms with Crippen molar-refractivity contribution in [2.75, 3.05) is 7.05 Å². The number of fused-ring (bicyclic) bond motifs is 1. The van der Waals surface area contributed by atoms with E-state index >= 15 is 0 Å². The zero-order valence-electron chi connectivity index (χ0n) is 10.3. The first-order valence-electron chi connectivity index (χ1n) is 6.27. The van der Waals surface area contributed by atoms with Gasteiger partial charge in [-0.15, -0.1) is 0 Å². The number of furan rings is 1. The van der Waals surface area contributed by atoms with E-state index in [2.05, 4.69) is 45.5 Å². The number of benzene rings is 1. The van der Waals surface area contributed by atoms with Crippen LogP contribution < -0.4 is 5.32 Å². The van der Waals surface area contributed by atoms with Gasteiger partial charge in [0.15, 0.2) is 4.67 Å². The molecule has 0 fully saturated rings. The number of rotatable bonds is 3. The van der Waals surface area contributed by atoms with Crippen LogP contribution in [0.25, 0.3) is 0 Å². The molecule has 2 nitrogen and oxygen atoms in total. The maximum atomic E-state index is 5.70. The molecule has 1 N–H and O–H groups in total. The predicted molar refractivity (Wildman–Crippen MR) is 75.5 cm³/mol. The summed E-state index contributed by atoms with van der Waals surface area (Å²) >= 11 is 3.37. The van der Waals surface area contributed by atoms with Crippen LogP contribution in [0.15, 0.2) is 45.5 Å². The van der Waals surface area contributed by atoms with E-state index in [1.54, 1.807) is 0 Å². The van der Waals surface area contributed by atoms with Gasteiger partial charge in [0.1, 0.15) is 5.76 Å². The summed E-state index contributed by atoms with van der Waals surface area (Å²) in [6, 6.07) is 13.0. The SMILES string of the molecule is CNC(c1ccc(Br)o1)C1Cc2ccccc2C1. The van der Waals surface area contributed by atoms with E-state index in [1.165, 1.54) is 11.1 Å². The lowest BCUT2D eigenvalue weighted by Crippen LogP contribution is -2.25. The molecule has 1 unspecified atom stereocenters. The quantitative estimate of drug-likeness (QED) is 0.935. The van der Waals surface area contributed by atoms with Crippen LogP contribution in [0.4, 0.5) is 0 Å². The zero-order valence-corrected chi connectivity index (χ0v) is 11.9. The number of hydrogen-bond donors (Lipinski definition) is 1. The lowest BCUT2D eigenvalue weighted by Gasteiger charge is -2.20. The van der Waals surface area contributed by atoms with Crippen LogP contribution in [0.2, 0.25) is 0 Å². The first-order valence-corrected chi connectivity index (χ1v) is 7.06. The molecule has 0 spiro atoms. The smallest absolute Gasteiger partial charge is 0.169 e. The maximum Gasteiger partial charge on any atom is 0.169 e. The summed E-state index contributed by atoms with van der Waals surface area (Å²) < 4.78 is 6.50. The minimum Gasteiger partial charge on any atom is -0.453 e. The molecule has 3 rings (SSSR count). The fourth-order valence-electron chi connectivity index (χ4n) is 2.93. The monoisotopic (exact) mass is 305 g/mol. The van der Waals surface area contributed by atoms with Gasteiger partial charge in [0, 0.05) is 0 Å². The predicted octanol–water partition coefficient (Wildman–Crippen LogP) is 3.72. The second-order valence-electron chi connectivity index (χ2n) is 4.85. The van der Waals surface area contributed by atoms with Gasteiger partial charge in [0.2, 0.25) is 0 Å². The molecule has 2 aromatic rings. The summed E-state index contributed by atoms with van der Waals surface area (Å²) in [6.45, 7) is 0. The van der Waals surface area contributed by atoms with Crippen molar-refractivity contribution in [3.8, 4) is 0 Å². The highest BCUT2D eigenvalue weighted by Gasteiger charge is 2.30. The summed E-state index contributed by atoms with van der Waals surface area (Å²) in [6.07, 6.45) is 2.25. The Morgan fingerprint density at radius 3 is 2.33 bits per heavy atom. The van der Waals surface area contributed by atoms with Crippen molar-refractivity contribution in [3.05, 3.63) is 58.0 Å². The molecule has 1 aromatic carbocycles. The van der Waals surface area contributed by atoms with E-state index < -0.39 is 0 Å². The third-order valence-corrected chi connectivity index (χ3v) is 4.19. The molecular weight excluding hydrogens is 290 g/mol. The average Bonchev–Trinajstić information content (AvgIpc) is 2.96. The largest absolute Gasteiger partial charge is 0.453 e. The Balaban J connectivity index is 1.83. The van der Waals surface area contributed by atoms with Gasteiger partial charge in [-0.2, -0.15) is 0 Å². The van der Waals surface area contributed by atoms with Crippen LogP contribution >= 0.6 is 15.9 Å². The van der Waals surface area contributed by atoms with E-state index in [4.69, 9.17) is 4.42 Å². The van der Waals surface area contributed by atoms with Crippen LogP contribution in [0, 0.1) is 5.92 Å². The van der Waals surface area contributed by atoms with E-state index in [0.717, 1.165) is 23.3 Å². The van der Waals surface area contributed by atoms with Crippen molar-refractivity contribution in [2.45, 2.75) is 18.9 Å². The zero-order chi connectivity index (χ0) is 12.5. The van der Waals surface area contributed by atoms with Crippen LogP contribution in [0.5, 0.6) is 0 Å². The molecule has 0 bridgehead atoms. The van der Waals surface area contributed by atoms with E-state index in [9.17, 15) is 0 Å². The van der Waals surface area contributed by atoms with Gasteiger partial charge in [-0.25, -0.2) is 0 Å². The van der Waals surface area contributed by atoms with Crippen LogP contribution in [-0.2, 0) is 12.8 Å². The number of hydrogen-bond acceptors (Lipinski definition) is 2. The molecule has 0 radical (unpaired) electrons. The third-order valence-electron chi connectivity index (χ3n) is 3.77. The van der Waals surface area contributed by atoms with Gasteiger partial charge < -0.3 is 9.73 Å². The molecule has 0 aliphatic heterocycles. The highest BCUT2D eigenvalue weighted by molar-refractivity contribution is 9.10. The van der Waals surface area contributed by atoms with E-state index in [0.29, 0.717) is 5.92 Å². The summed E-state index contributed by atoms with van der Waals surface area (Å²) in [7, 11) is 2.00. The van der Waals surface area contributed by atoms with Crippen molar-refractivity contribution < 1.29 is 4.42 Å². The average molecular weight is 306 g/mol. The highest BCUT2D eigenvalue weighted by Crippen LogP contribution is 2.36. The van der Waals surface area contributed by atoms with Crippen molar-refractivity contribution in [3.63, 3.8) is 0 Å².